The molecule has 0 aliphatic carbocycles. The Labute approximate surface area is 154 Å². The van der Waals surface area contributed by atoms with Crippen LogP contribution in [0.15, 0.2) is 54.6 Å². The van der Waals surface area contributed by atoms with Gasteiger partial charge in [0.2, 0.25) is 11.8 Å². The van der Waals surface area contributed by atoms with E-state index >= 15 is 0 Å². The van der Waals surface area contributed by atoms with Gasteiger partial charge < -0.3 is 0 Å². The number of carbonyl (C=O) groups excluding carboxylic acids is 4. The van der Waals surface area contributed by atoms with E-state index in [0.29, 0.717) is 16.1 Å². The summed E-state index contributed by atoms with van der Waals surface area (Å²) in [5.41, 5.74) is 1.10. The first kappa shape index (κ1) is 17.8. The van der Waals surface area contributed by atoms with Crippen LogP contribution >= 0.6 is 11.6 Å². The number of hydrogen-bond donors (Lipinski definition) is 2. The summed E-state index contributed by atoms with van der Waals surface area (Å²) < 4.78 is 0. The molecule has 3 rings (SSSR count). The first-order valence-corrected chi connectivity index (χ1v) is 8.33. The summed E-state index contributed by atoms with van der Waals surface area (Å²) in [4.78, 5) is 48.6. The van der Waals surface area contributed by atoms with E-state index in [2.05, 4.69) is 10.6 Å². The number of amides is 4. The van der Waals surface area contributed by atoms with Gasteiger partial charge in [-0.3, -0.25) is 25.0 Å². The fourth-order valence-corrected chi connectivity index (χ4v) is 3.10. The van der Waals surface area contributed by atoms with E-state index in [1.807, 2.05) is 0 Å². The van der Waals surface area contributed by atoms with Crippen LogP contribution in [0, 0.1) is 5.92 Å². The lowest BCUT2D eigenvalue weighted by molar-refractivity contribution is -0.136. The average molecular weight is 371 g/mol. The van der Waals surface area contributed by atoms with Gasteiger partial charge in [-0.05, 0) is 17.7 Å². The van der Waals surface area contributed by atoms with Gasteiger partial charge in [0.1, 0.15) is 5.92 Å². The predicted molar refractivity (Wildman–Crippen MR) is 94.8 cm³/mol. The van der Waals surface area contributed by atoms with E-state index in [1.165, 1.54) is 0 Å². The number of rotatable bonds is 5. The maximum Gasteiger partial charge on any atom is 0.328 e. The number of Topliss-reactive ketones (excluding diaryl/α,β-unsaturated/α-hetero) is 1. The molecule has 1 unspecified atom stereocenters. The van der Waals surface area contributed by atoms with E-state index in [-0.39, 0.29) is 12.2 Å². The number of benzene rings is 2. The molecule has 6 nitrogen and oxygen atoms in total. The quantitative estimate of drug-likeness (QED) is 0.625. The highest BCUT2D eigenvalue weighted by Gasteiger charge is 2.41. The molecule has 1 aliphatic heterocycles. The van der Waals surface area contributed by atoms with Gasteiger partial charge in [-0.1, -0.05) is 54.1 Å². The summed E-state index contributed by atoms with van der Waals surface area (Å²) in [6.07, 6.45) is -0.0641. The normalized spacial score (nSPS) is 16.0. The number of nitrogens with one attached hydrogen (secondary N) is 2. The van der Waals surface area contributed by atoms with Crippen LogP contribution in [0.5, 0.6) is 0 Å². The molecule has 0 radical (unpaired) electrons. The fourth-order valence-electron chi connectivity index (χ4n) is 2.97. The Kier molecular flexibility index (Phi) is 5.14. The molecule has 0 aromatic heterocycles. The minimum Gasteiger partial charge on any atom is -0.294 e. The van der Waals surface area contributed by atoms with Crippen LogP contribution in [-0.4, -0.2) is 23.6 Å². The molecule has 1 aliphatic rings. The van der Waals surface area contributed by atoms with Gasteiger partial charge in [0, 0.05) is 22.9 Å². The minimum absolute atomic E-state index is 0.0641. The summed E-state index contributed by atoms with van der Waals surface area (Å²) >= 11 is 5.91. The Morgan fingerprint density at radius 3 is 2.08 bits per heavy atom. The zero-order chi connectivity index (χ0) is 18.7. The molecule has 1 heterocycles. The Balaban J connectivity index is 1.95. The third-order valence-electron chi connectivity index (χ3n) is 4.24. The van der Waals surface area contributed by atoms with Crippen LogP contribution in [-0.2, 0) is 9.59 Å². The maximum absolute atomic E-state index is 12.7. The van der Waals surface area contributed by atoms with Crippen LogP contribution in [0.2, 0.25) is 5.02 Å². The molecule has 4 amide bonds. The second-order valence-corrected chi connectivity index (χ2v) is 6.37. The lowest BCUT2D eigenvalue weighted by atomic mass is 9.79. The van der Waals surface area contributed by atoms with Crippen LogP contribution in [0.4, 0.5) is 4.79 Å². The summed E-state index contributed by atoms with van der Waals surface area (Å²) in [5.74, 6) is -3.57. The van der Waals surface area contributed by atoms with Crippen LogP contribution in [0.25, 0.3) is 0 Å². The van der Waals surface area contributed by atoms with Crippen molar-refractivity contribution in [3.63, 3.8) is 0 Å². The molecular weight excluding hydrogens is 356 g/mol. The van der Waals surface area contributed by atoms with Crippen molar-refractivity contribution in [1.82, 2.24) is 10.6 Å². The van der Waals surface area contributed by atoms with Crippen molar-refractivity contribution >= 4 is 35.2 Å². The Bertz CT molecular complexity index is 845. The number of halogens is 1. The minimum atomic E-state index is -1.19. The molecule has 0 spiro atoms. The zero-order valence-corrected chi connectivity index (χ0v) is 14.3. The first-order chi connectivity index (χ1) is 12.5. The van der Waals surface area contributed by atoms with Crippen molar-refractivity contribution in [3.8, 4) is 0 Å². The van der Waals surface area contributed by atoms with Crippen molar-refractivity contribution in [2.24, 2.45) is 5.92 Å². The van der Waals surface area contributed by atoms with E-state index in [0.717, 1.165) is 0 Å². The number of imide groups is 2. The standard InChI is InChI=1S/C19H15ClN2O4/c20-13-8-6-11(7-9-13)14(10-15(23)12-4-2-1-3-5-12)16-17(24)21-19(26)22-18(16)25/h1-9,14,16H,10H2,(H2,21,22,24,25,26). The molecule has 1 fully saturated rings. The van der Waals surface area contributed by atoms with Crippen molar-refractivity contribution in [2.45, 2.75) is 12.3 Å². The second-order valence-electron chi connectivity index (χ2n) is 5.94. The van der Waals surface area contributed by atoms with E-state index < -0.39 is 29.7 Å². The maximum atomic E-state index is 12.7. The molecule has 1 saturated heterocycles. The summed E-state index contributed by atoms with van der Waals surface area (Å²) in [6, 6.07) is 14.3. The number of ketones is 1. The van der Waals surface area contributed by atoms with Gasteiger partial charge in [-0.2, -0.15) is 0 Å². The Morgan fingerprint density at radius 1 is 0.923 bits per heavy atom. The predicted octanol–water partition coefficient (Wildman–Crippen LogP) is 2.68. The molecule has 0 bridgehead atoms. The van der Waals surface area contributed by atoms with E-state index in [1.54, 1.807) is 54.6 Å². The largest absolute Gasteiger partial charge is 0.328 e. The lowest BCUT2D eigenvalue weighted by Gasteiger charge is -2.28. The molecule has 132 valence electrons. The third-order valence-corrected chi connectivity index (χ3v) is 4.49. The average Bonchev–Trinajstić information content (AvgIpc) is 2.61. The van der Waals surface area contributed by atoms with Crippen molar-refractivity contribution < 1.29 is 19.2 Å². The van der Waals surface area contributed by atoms with Gasteiger partial charge in [-0.25, -0.2) is 4.79 Å². The number of carbonyl (C=O) groups is 4. The molecule has 2 aromatic carbocycles. The van der Waals surface area contributed by atoms with Crippen molar-refractivity contribution in [3.05, 3.63) is 70.7 Å². The van der Waals surface area contributed by atoms with Crippen LogP contribution in [0.1, 0.15) is 28.3 Å². The molecule has 0 saturated carbocycles. The molecule has 7 heteroatoms. The van der Waals surface area contributed by atoms with Gasteiger partial charge in [0.15, 0.2) is 5.78 Å². The topological polar surface area (TPSA) is 92.3 Å². The molecular formula is C19H15ClN2O4. The van der Waals surface area contributed by atoms with Crippen LogP contribution < -0.4 is 10.6 Å². The van der Waals surface area contributed by atoms with E-state index in [4.69, 9.17) is 11.6 Å². The first-order valence-electron chi connectivity index (χ1n) is 7.95. The van der Waals surface area contributed by atoms with Crippen molar-refractivity contribution in [2.75, 3.05) is 0 Å². The zero-order valence-electron chi connectivity index (χ0n) is 13.6. The smallest absolute Gasteiger partial charge is 0.294 e. The Hall–Kier alpha value is -2.99. The number of barbiturate groups is 1. The number of hydrogen-bond acceptors (Lipinski definition) is 4. The third kappa shape index (κ3) is 3.81. The van der Waals surface area contributed by atoms with Gasteiger partial charge in [0.25, 0.3) is 0 Å². The molecule has 2 aromatic rings. The molecule has 1 atom stereocenters. The van der Waals surface area contributed by atoms with Crippen molar-refractivity contribution in [1.29, 1.82) is 0 Å². The van der Waals surface area contributed by atoms with E-state index in [9.17, 15) is 19.2 Å². The second kappa shape index (κ2) is 7.49. The highest BCUT2D eigenvalue weighted by Crippen LogP contribution is 2.32. The number of urea groups is 1. The highest BCUT2D eigenvalue weighted by atomic mass is 35.5. The Morgan fingerprint density at radius 2 is 1.50 bits per heavy atom. The SMILES string of the molecule is O=C1NC(=O)C(C(CC(=O)c2ccccc2)c2ccc(Cl)cc2)C(=O)N1. The van der Waals surface area contributed by atoms with Gasteiger partial charge >= 0.3 is 6.03 Å². The molecule has 26 heavy (non-hydrogen) atoms. The highest BCUT2D eigenvalue weighted by molar-refractivity contribution is 6.30. The summed E-state index contributed by atoms with van der Waals surface area (Å²) in [6.45, 7) is 0. The monoisotopic (exact) mass is 370 g/mol. The fraction of sp³-hybridized carbons (Fsp3) is 0.158. The van der Waals surface area contributed by atoms with Crippen LogP contribution in [0.3, 0.4) is 0 Å². The summed E-state index contributed by atoms with van der Waals surface area (Å²) in [7, 11) is 0. The lowest BCUT2D eigenvalue weighted by Crippen LogP contribution is -2.57. The van der Waals surface area contributed by atoms with Gasteiger partial charge in [-0.15, -0.1) is 0 Å². The molecule has 2 N–H and O–H groups in total. The van der Waals surface area contributed by atoms with Gasteiger partial charge in [0.05, 0.1) is 0 Å². The summed E-state index contributed by atoms with van der Waals surface area (Å²) in [5, 5.41) is 4.67.